The number of aromatic nitrogens is 2. The maximum atomic E-state index is 11.7. The van der Waals surface area contributed by atoms with Crippen LogP contribution in [-0.4, -0.2) is 34.5 Å². The number of hydrogen-bond donors (Lipinski definition) is 0. The van der Waals surface area contributed by atoms with E-state index >= 15 is 0 Å². The predicted molar refractivity (Wildman–Crippen MR) is 61.6 cm³/mol. The Morgan fingerprint density at radius 2 is 2.50 bits per heavy atom. The van der Waals surface area contributed by atoms with Gasteiger partial charge in [-0.15, -0.1) is 0 Å². The second-order valence-electron chi connectivity index (χ2n) is 3.73. The number of nitrogens with zero attached hydrogens (tertiary/aromatic N) is 3. The number of hydrogen-bond acceptors (Lipinski definition) is 6. The molecule has 1 saturated heterocycles. The molecule has 1 aliphatic rings. The van der Waals surface area contributed by atoms with Crippen molar-refractivity contribution >= 4 is 22.6 Å². The van der Waals surface area contributed by atoms with Crippen LogP contribution in [0.3, 0.4) is 0 Å². The Kier molecular flexibility index (Phi) is 3.38. The minimum Gasteiger partial charge on any atom is -0.464 e. The van der Waals surface area contributed by atoms with E-state index in [0.29, 0.717) is 6.61 Å². The van der Waals surface area contributed by atoms with Gasteiger partial charge in [0.2, 0.25) is 5.13 Å². The summed E-state index contributed by atoms with van der Waals surface area (Å²) in [5.74, 6) is 0.613. The van der Waals surface area contributed by atoms with Gasteiger partial charge in [0.15, 0.2) is 0 Å². The molecule has 1 fully saturated rings. The summed E-state index contributed by atoms with van der Waals surface area (Å²) in [6, 6.07) is -0.174. The molecule has 0 amide bonds. The number of rotatable bonds is 3. The Bertz CT molecular complexity index is 380. The normalized spacial score (nSPS) is 20.1. The maximum Gasteiger partial charge on any atom is 0.328 e. The van der Waals surface area contributed by atoms with Gasteiger partial charge in [-0.05, 0) is 26.7 Å². The minimum absolute atomic E-state index is 0.146. The van der Waals surface area contributed by atoms with Crippen LogP contribution < -0.4 is 4.90 Å². The molecule has 0 aliphatic carbocycles. The molecule has 16 heavy (non-hydrogen) atoms. The van der Waals surface area contributed by atoms with E-state index < -0.39 is 0 Å². The van der Waals surface area contributed by atoms with E-state index in [1.165, 1.54) is 11.5 Å². The molecule has 0 N–H and O–H groups in total. The highest BCUT2D eigenvalue weighted by Crippen LogP contribution is 2.27. The van der Waals surface area contributed by atoms with Crippen LogP contribution in [0.5, 0.6) is 0 Å². The molecule has 0 spiro atoms. The molecule has 2 heterocycles. The highest BCUT2D eigenvalue weighted by atomic mass is 32.1. The smallest absolute Gasteiger partial charge is 0.328 e. The molecule has 1 unspecified atom stereocenters. The maximum absolute atomic E-state index is 11.7. The van der Waals surface area contributed by atoms with Gasteiger partial charge in [0.05, 0.1) is 6.61 Å². The van der Waals surface area contributed by atoms with Gasteiger partial charge in [0.1, 0.15) is 11.9 Å². The van der Waals surface area contributed by atoms with Gasteiger partial charge in [-0.2, -0.15) is 4.37 Å². The number of carbonyl (C=O) groups excluding carboxylic acids is 1. The first-order valence-electron chi connectivity index (χ1n) is 5.46. The van der Waals surface area contributed by atoms with Gasteiger partial charge in [-0.1, -0.05) is 0 Å². The molecule has 88 valence electrons. The van der Waals surface area contributed by atoms with Crippen molar-refractivity contribution in [3.05, 3.63) is 5.82 Å². The molecule has 1 aromatic rings. The van der Waals surface area contributed by atoms with Crippen molar-refractivity contribution in [2.45, 2.75) is 32.7 Å². The highest BCUT2D eigenvalue weighted by Gasteiger charge is 2.33. The molecule has 0 saturated carbocycles. The fourth-order valence-corrected chi connectivity index (χ4v) is 2.63. The molecule has 2 rings (SSSR count). The third kappa shape index (κ3) is 2.16. The van der Waals surface area contributed by atoms with Crippen LogP contribution in [0.2, 0.25) is 0 Å². The molecule has 1 atom stereocenters. The topological polar surface area (TPSA) is 55.3 Å². The Labute approximate surface area is 98.6 Å². The molecule has 5 nitrogen and oxygen atoms in total. The van der Waals surface area contributed by atoms with Crippen molar-refractivity contribution in [3.63, 3.8) is 0 Å². The Morgan fingerprint density at radius 3 is 3.12 bits per heavy atom. The summed E-state index contributed by atoms with van der Waals surface area (Å²) in [4.78, 5) is 18.0. The van der Waals surface area contributed by atoms with E-state index in [4.69, 9.17) is 4.74 Å². The number of esters is 1. The molecule has 1 aliphatic heterocycles. The average Bonchev–Trinajstić information content (AvgIpc) is 2.85. The van der Waals surface area contributed by atoms with Crippen LogP contribution in [0.1, 0.15) is 25.6 Å². The third-order valence-corrected chi connectivity index (χ3v) is 3.42. The lowest BCUT2D eigenvalue weighted by molar-refractivity contribution is -0.144. The standard InChI is InChI=1S/C10H15N3O2S/c1-3-15-9(14)8-5-4-6-13(8)10-11-7(2)12-16-10/h8H,3-6H2,1-2H3. The van der Waals surface area contributed by atoms with E-state index in [0.717, 1.165) is 30.3 Å². The Hall–Kier alpha value is -1.17. The van der Waals surface area contributed by atoms with Crippen molar-refractivity contribution in [3.8, 4) is 0 Å². The molecule has 1 aromatic heterocycles. The van der Waals surface area contributed by atoms with Gasteiger partial charge in [-0.3, -0.25) is 0 Å². The van der Waals surface area contributed by atoms with E-state index in [2.05, 4.69) is 9.36 Å². The van der Waals surface area contributed by atoms with E-state index in [9.17, 15) is 4.79 Å². The first kappa shape index (κ1) is 11.3. The zero-order valence-electron chi connectivity index (χ0n) is 9.47. The predicted octanol–water partition coefficient (Wildman–Crippen LogP) is 1.38. The largest absolute Gasteiger partial charge is 0.464 e. The number of aryl methyl sites for hydroxylation is 1. The zero-order valence-corrected chi connectivity index (χ0v) is 10.3. The van der Waals surface area contributed by atoms with Gasteiger partial charge < -0.3 is 9.64 Å². The summed E-state index contributed by atoms with van der Waals surface area (Å²) in [5.41, 5.74) is 0. The average molecular weight is 241 g/mol. The SMILES string of the molecule is CCOC(=O)C1CCCN1c1nc(C)ns1. The lowest BCUT2D eigenvalue weighted by atomic mass is 10.2. The van der Waals surface area contributed by atoms with Crippen molar-refractivity contribution in [1.82, 2.24) is 9.36 Å². The van der Waals surface area contributed by atoms with E-state index in [-0.39, 0.29) is 12.0 Å². The Balaban J connectivity index is 2.11. The summed E-state index contributed by atoms with van der Waals surface area (Å²) in [7, 11) is 0. The minimum atomic E-state index is -0.174. The highest BCUT2D eigenvalue weighted by molar-refractivity contribution is 7.09. The Morgan fingerprint density at radius 1 is 1.69 bits per heavy atom. The van der Waals surface area contributed by atoms with Gasteiger partial charge in [-0.25, -0.2) is 9.78 Å². The van der Waals surface area contributed by atoms with Crippen molar-refractivity contribution in [2.24, 2.45) is 0 Å². The quantitative estimate of drug-likeness (QED) is 0.748. The molecular weight excluding hydrogens is 226 g/mol. The van der Waals surface area contributed by atoms with E-state index in [1.807, 2.05) is 18.7 Å². The zero-order chi connectivity index (χ0) is 11.5. The molecular formula is C10H15N3O2S. The second-order valence-corrected chi connectivity index (χ2v) is 4.46. The van der Waals surface area contributed by atoms with Crippen molar-refractivity contribution < 1.29 is 9.53 Å². The van der Waals surface area contributed by atoms with Gasteiger partial charge in [0.25, 0.3) is 0 Å². The van der Waals surface area contributed by atoms with Crippen molar-refractivity contribution in [2.75, 3.05) is 18.1 Å². The summed E-state index contributed by atoms with van der Waals surface area (Å²) in [5, 5.41) is 0.827. The third-order valence-electron chi connectivity index (χ3n) is 2.57. The van der Waals surface area contributed by atoms with Gasteiger partial charge in [0, 0.05) is 18.1 Å². The molecule has 6 heteroatoms. The first-order valence-corrected chi connectivity index (χ1v) is 6.23. The van der Waals surface area contributed by atoms with Crippen LogP contribution in [0.25, 0.3) is 0 Å². The first-order chi connectivity index (χ1) is 7.72. The molecule has 0 bridgehead atoms. The molecule has 0 radical (unpaired) electrons. The fourth-order valence-electron chi connectivity index (χ4n) is 1.88. The lowest BCUT2D eigenvalue weighted by Crippen LogP contribution is -2.37. The van der Waals surface area contributed by atoms with Crippen LogP contribution >= 0.6 is 11.5 Å². The number of anilines is 1. The second kappa shape index (κ2) is 4.78. The summed E-state index contributed by atoms with van der Waals surface area (Å²) >= 11 is 1.34. The van der Waals surface area contributed by atoms with Crippen LogP contribution in [0, 0.1) is 6.92 Å². The van der Waals surface area contributed by atoms with Crippen LogP contribution in [-0.2, 0) is 9.53 Å². The van der Waals surface area contributed by atoms with Crippen molar-refractivity contribution in [1.29, 1.82) is 0 Å². The summed E-state index contributed by atoms with van der Waals surface area (Å²) < 4.78 is 9.20. The molecule has 0 aromatic carbocycles. The summed E-state index contributed by atoms with van der Waals surface area (Å²) in [6.45, 7) is 4.97. The fraction of sp³-hybridized carbons (Fsp3) is 0.700. The van der Waals surface area contributed by atoms with E-state index in [1.54, 1.807) is 0 Å². The monoisotopic (exact) mass is 241 g/mol. The van der Waals surface area contributed by atoms with Crippen LogP contribution in [0.4, 0.5) is 5.13 Å². The lowest BCUT2D eigenvalue weighted by Gasteiger charge is -2.21. The number of carbonyl (C=O) groups is 1. The van der Waals surface area contributed by atoms with Crippen LogP contribution in [0.15, 0.2) is 0 Å². The number of ether oxygens (including phenoxy) is 1. The summed E-state index contributed by atoms with van der Waals surface area (Å²) in [6.07, 6.45) is 1.85. The van der Waals surface area contributed by atoms with Gasteiger partial charge >= 0.3 is 5.97 Å².